The van der Waals surface area contributed by atoms with Crippen molar-refractivity contribution in [3.8, 4) is 22.4 Å². The van der Waals surface area contributed by atoms with Crippen LogP contribution in [-0.2, 0) is 0 Å². The first-order valence-corrected chi connectivity index (χ1v) is 8.61. The van der Waals surface area contributed by atoms with Crippen LogP contribution in [0.25, 0.3) is 44.3 Å². The Morgan fingerprint density at radius 1 is 0.815 bits per heavy atom. The molecule has 0 aliphatic rings. The maximum Gasteiger partial charge on any atom is 0.346 e. The van der Waals surface area contributed by atoms with Crippen molar-refractivity contribution >= 4 is 21.9 Å². The molecule has 0 amide bonds. The van der Waals surface area contributed by atoms with E-state index in [1.807, 2.05) is 60.7 Å². The zero-order valence-electron chi connectivity index (χ0n) is 14.2. The van der Waals surface area contributed by atoms with Crippen LogP contribution < -0.4 is 5.63 Å². The van der Waals surface area contributed by atoms with E-state index in [1.165, 1.54) is 18.2 Å². The van der Waals surface area contributed by atoms with Crippen LogP contribution in [-0.4, -0.2) is 4.98 Å². The lowest BCUT2D eigenvalue weighted by molar-refractivity contribution is 0.567. The monoisotopic (exact) mass is 355 g/mol. The minimum atomic E-state index is -0.443. The van der Waals surface area contributed by atoms with E-state index < -0.39 is 5.63 Å². The number of halogens is 1. The fraction of sp³-hybridized carbons (Fsp3) is 0. The van der Waals surface area contributed by atoms with Gasteiger partial charge in [-0.25, -0.2) is 9.18 Å². The maximum atomic E-state index is 13.9. The predicted octanol–water partition coefficient (Wildman–Crippen LogP) is 5.75. The van der Waals surface area contributed by atoms with Crippen molar-refractivity contribution in [2.45, 2.75) is 0 Å². The zero-order chi connectivity index (χ0) is 18.4. The Morgan fingerprint density at radius 2 is 1.48 bits per heavy atom. The molecule has 2 aromatic heterocycles. The summed E-state index contributed by atoms with van der Waals surface area (Å²) in [7, 11) is 0. The summed E-state index contributed by atoms with van der Waals surface area (Å²) in [5.74, 6) is -0.380. The zero-order valence-corrected chi connectivity index (χ0v) is 14.2. The summed E-state index contributed by atoms with van der Waals surface area (Å²) in [6.07, 6.45) is 0. The number of aromatic nitrogens is 1. The molecule has 3 nitrogen and oxygen atoms in total. The summed E-state index contributed by atoms with van der Waals surface area (Å²) in [4.78, 5) is 16.2. The van der Waals surface area contributed by atoms with Gasteiger partial charge in [0.2, 0.25) is 0 Å². The normalized spacial score (nSPS) is 11.3. The Hall–Kier alpha value is -3.66. The SMILES string of the molecule is O=c1oc2ccc(F)cc2c2[nH]c(-c3ccccc3)c(-c3ccccc3)c12. The highest BCUT2D eigenvalue weighted by Gasteiger charge is 2.20. The highest BCUT2D eigenvalue weighted by Crippen LogP contribution is 2.39. The van der Waals surface area contributed by atoms with Crippen LogP contribution in [0.1, 0.15) is 0 Å². The van der Waals surface area contributed by atoms with Gasteiger partial charge >= 0.3 is 5.63 Å². The molecule has 0 atom stereocenters. The molecular weight excluding hydrogens is 341 g/mol. The Morgan fingerprint density at radius 3 is 2.19 bits per heavy atom. The second-order valence-corrected chi connectivity index (χ2v) is 6.39. The largest absolute Gasteiger partial charge is 0.422 e. The van der Waals surface area contributed by atoms with E-state index in [-0.39, 0.29) is 5.82 Å². The molecule has 0 spiro atoms. The average molecular weight is 355 g/mol. The standard InChI is InChI=1S/C23H14FNO2/c24-16-11-12-18-17(13-16)22-20(23(26)27-18)19(14-7-3-1-4-8-14)21(25-22)15-9-5-2-6-10-15/h1-13,25H. The number of H-pyrrole nitrogens is 1. The first kappa shape index (κ1) is 15.6. The van der Waals surface area contributed by atoms with E-state index in [4.69, 9.17) is 4.42 Å². The lowest BCUT2D eigenvalue weighted by atomic mass is 9.99. The number of benzene rings is 3. The van der Waals surface area contributed by atoms with Gasteiger partial charge in [0.05, 0.1) is 16.6 Å². The number of hydrogen-bond acceptors (Lipinski definition) is 2. The van der Waals surface area contributed by atoms with E-state index >= 15 is 0 Å². The fourth-order valence-corrected chi connectivity index (χ4v) is 3.56. The molecule has 4 heteroatoms. The van der Waals surface area contributed by atoms with Gasteiger partial charge in [0, 0.05) is 10.9 Å². The maximum absolute atomic E-state index is 13.9. The Labute approximate surface area is 153 Å². The van der Waals surface area contributed by atoms with E-state index in [1.54, 1.807) is 0 Å². The molecule has 0 unspecified atom stereocenters. The summed E-state index contributed by atoms with van der Waals surface area (Å²) in [6.45, 7) is 0. The molecule has 5 aromatic rings. The molecule has 0 aliphatic heterocycles. The van der Waals surface area contributed by atoms with Gasteiger partial charge in [0.1, 0.15) is 11.4 Å². The summed E-state index contributed by atoms with van der Waals surface area (Å²) >= 11 is 0. The lowest BCUT2D eigenvalue weighted by Gasteiger charge is -2.05. The average Bonchev–Trinajstić information content (AvgIpc) is 3.12. The second-order valence-electron chi connectivity index (χ2n) is 6.39. The van der Waals surface area contributed by atoms with Crippen LogP contribution in [0.4, 0.5) is 4.39 Å². The number of aromatic amines is 1. The third kappa shape index (κ3) is 2.46. The summed E-state index contributed by atoms with van der Waals surface area (Å²) in [5, 5.41) is 0.974. The van der Waals surface area contributed by atoms with E-state index in [2.05, 4.69) is 4.98 Å². The van der Waals surface area contributed by atoms with Crippen LogP contribution in [0, 0.1) is 5.82 Å². The van der Waals surface area contributed by atoms with Gasteiger partial charge in [-0.15, -0.1) is 0 Å². The molecule has 0 aliphatic carbocycles. The Bertz CT molecular complexity index is 1340. The summed E-state index contributed by atoms with van der Waals surface area (Å²) < 4.78 is 19.4. The van der Waals surface area contributed by atoms with E-state index in [0.29, 0.717) is 21.9 Å². The van der Waals surface area contributed by atoms with Crippen LogP contribution >= 0.6 is 0 Å². The van der Waals surface area contributed by atoms with E-state index in [0.717, 1.165) is 22.4 Å². The molecule has 0 saturated heterocycles. The molecule has 1 N–H and O–H groups in total. The van der Waals surface area contributed by atoms with Crippen molar-refractivity contribution in [1.29, 1.82) is 0 Å². The highest BCUT2D eigenvalue weighted by atomic mass is 19.1. The summed E-state index contributed by atoms with van der Waals surface area (Å²) in [5.41, 5.74) is 3.90. The molecule has 27 heavy (non-hydrogen) atoms. The highest BCUT2D eigenvalue weighted by molar-refractivity contribution is 6.12. The van der Waals surface area contributed by atoms with Gasteiger partial charge in [0.15, 0.2) is 0 Å². The van der Waals surface area contributed by atoms with Crippen LogP contribution in [0.2, 0.25) is 0 Å². The van der Waals surface area contributed by atoms with E-state index in [9.17, 15) is 9.18 Å². The quantitative estimate of drug-likeness (QED) is 0.410. The lowest BCUT2D eigenvalue weighted by Crippen LogP contribution is -2.00. The number of fused-ring (bicyclic) bond motifs is 3. The van der Waals surface area contributed by atoms with Crippen molar-refractivity contribution in [1.82, 2.24) is 4.98 Å². The first-order valence-electron chi connectivity index (χ1n) is 8.61. The molecule has 0 radical (unpaired) electrons. The predicted molar refractivity (Wildman–Crippen MR) is 105 cm³/mol. The van der Waals surface area contributed by atoms with Gasteiger partial charge in [-0.1, -0.05) is 60.7 Å². The fourth-order valence-electron chi connectivity index (χ4n) is 3.56. The third-order valence-corrected chi connectivity index (χ3v) is 4.74. The summed E-state index contributed by atoms with van der Waals surface area (Å²) in [6, 6.07) is 23.6. The minimum absolute atomic E-state index is 0.356. The number of hydrogen-bond donors (Lipinski definition) is 1. The molecule has 0 fully saturated rings. The third-order valence-electron chi connectivity index (χ3n) is 4.74. The molecule has 0 saturated carbocycles. The van der Waals surface area contributed by atoms with Crippen molar-refractivity contribution in [2.75, 3.05) is 0 Å². The van der Waals surface area contributed by atoms with Crippen molar-refractivity contribution < 1.29 is 8.81 Å². The van der Waals surface area contributed by atoms with Crippen LogP contribution in [0.15, 0.2) is 88.1 Å². The van der Waals surface area contributed by atoms with Gasteiger partial charge in [-0.2, -0.15) is 0 Å². The second kappa shape index (κ2) is 5.95. The topological polar surface area (TPSA) is 46.0 Å². The minimum Gasteiger partial charge on any atom is -0.422 e. The molecule has 130 valence electrons. The van der Waals surface area contributed by atoms with Gasteiger partial charge in [-0.3, -0.25) is 0 Å². The van der Waals surface area contributed by atoms with Gasteiger partial charge in [0.25, 0.3) is 0 Å². The number of nitrogens with one attached hydrogen (secondary N) is 1. The van der Waals surface area contributed by atoms with Crippen molar-refractivity contribution in [2.24, 2.45) is 0 Å². The van der Waals surface area contributed by atoms with Crippen LogP contribution in [0.5, 0.6) is 0 Å². The first-order chi connectivity index (χ1) is 13.2. The molecular formula is C23H14FNO2. The van der Waals surface area contributed by atoms with Crippen molar-refractivity contribution in [3.05, 3.63) is 95.1 Å². The Kier molecular flexibility index (Phi) is 3.44. The van der Waals surface area contributed by atoms with Crippen molar-refractivity contribution in [3.63, 3.8) is 0 Å². The number of rotatable bonds is 2. The molecule has 5 rings (SSSR count). The van der Waals surface area contributed by atoms with Crippen LogP contribution in [0.3, 0.4) is 0 Å². The molecule has 3 aromatic carbocycles. The smallest absolute Gasteiger partial charge is 0.346 e. The van der Waals surface area contributed by atoms with Gasteiger partial charge in [-0.05, 0) is 29.3 Å². The molecule has 0 bridgehead atoms. The van der Waals surface area contributed by atoms with Gasteiger partial charge < -0.3 is 9.40 Å². The molecule has 2 heterocycles. The Balaban J connectivity index is 1.99.